The number of piperidine rings is 1. The highest BCUT2D eigenvalue weighted by Crippen LogP contribution is 2.31. The molecule has 0 aliphatic carbocycles. The van der Waals surface area contributed by atoms with Gasteiger partial charge in [-0.15, -0.1) is 16.4 Å². The maximum absolute atomic E-state index is 6.16. The van der Waals surface area contributed by atoms with Crippen molar-refractivity contribution in [3.05, 3.63) is 28.6 Å². The van der Waals surface area contributed by atoms with Crippen LogP contribution in [0.5, 0.6) is 0 Å². The molecule has 6 heterocycles. The van der Waals surface area contributed by atoms with E-state index in [1.54, 1.807) is 12.4 Å². The third-order valence-electron chi connectivity index (χ3n) is 6.68. The minimum absolute atomic E-state index is 0.131. The summed E-state index contributed by atoms with van der Waals surface area (Å²) in [5.41, 5.74) is 8.64. The van der Waals surface area contributed by atoms with Crippen LogP contribution in [0, 0.1) is 6.92 Å². The highest BCUT2D eigenvalue weighted by molar-refractivity contribution is 7.17. The highest BCUT2D eigenvalue weighted by atomic mass is 35.5. The third-order valence-corrected chi connectivity index (χ3v) is 7.93. The van der Waals surface area contributed by atoms with Gasteiger partial charge in [0.05, 0.1) is 28.3 Å². The number of anilines is 4. The van der Waals surface area contributed by atoms with Crippen LogP contribution in [-0.4, -0.2) is 71.8 Å². The fraction of sp³-hybridized carbons (Fsp3) is 0.455. The standard InChI is InChI=1S/C22H26ClN11S/c1-13-12-35-17-16(13)28-19(23)29-18(17)34-20(24)30-21(31-34)27-14-10-25-22(26-11-14)33-8-4-15(5-9-33)32-6-2-3-7-32/h10-12,15H,2-9H2,1H3,(H3,24,27,30,31). The summed E-state index contributed by atoms with van der Waals surface area (Å²) in [5, 5.41) is 9.75. The van der Waals surface area contributed by atoms with Crippen LogP contribution in [0.15, 0.2) is 17.8 Å². The van der Waals surface area contributed by atoms with E-state index < -0.39 is 0 Å². The van der Waals surface area contributed by atoms with E-state index >= 15 is 0 Å². The van der Waals surface area contributed by atoms with Gasteiger partial charge in [-0.3, -0.25) is 0 Å². The van der Waals surface area contributed by atoms with Crippen molar-refractivity contribution < 1.29 is 0 Å². The molecule has 2 fully saturated rings. The SMILES string of the molecule is Cc1csc2c(-n3nc(Nc4cnc(N5CCC(N6CCCC6)CC5)nc4)nc3N)nc(Cl)nc12. The topological polar surface area (TPSA) is 127 Å². The number of thiophene rings is 1. The van der Waals surface area contributed by atoms with Gasteiger partial charge in [0.25, 0.3) is 0 Å². The summed E-state index contributed by atoms with van der Waals surface area (Å²) < 4.78 is 2.31. The lowest BCUT2D eigenvalue weighted by molar-refractivity contribution is 0.207. The molecule has 4 aromatic heterocycles. The monoisotopic (exact) mass is 511 g/mol. The molecule has 0 aromatic carbocycles. The number of fused-ring (bicyclic) bond motifs is 1. The van der Waals surface area contributed by atoms with Gasteiger partial charge in [0.1, 0.15) is 0 Å². The van der Waals surface area contributed by atoms with E-state index in [0.717, 1.165) is 47.7 Å². The highest BCUT2D eigenvalue weighted by Gasteiger charge is 2.27. The van der Waals surface area contributed by atoms with Gasteiger partial charge in [-0.05, 0) is 68.2 Å². The Bertz CT molecular complexity index is 1340. The first-order valence-corrected chi connectivity index (χ1v) is 13.0. The van der Waals surface area contributed by atoms with Gasteiger partial charge >= 0.3 is 0 Å². The molecule has 0 radical (unpaired) electrons. The van der Waals surface area contributed by atoms with E-state index in [1.165, 1.54) is 41.9 Å². The summed E-state index contributed by atoms with van der Waals surface area (Å²) in [4.78, 5) is 27.0. The molecule has 0 atom stereocenters. The molecule has 0 amide bonds. The van der Waals surface area contributed by atoms with Crippen molar-refractivity contribution in [1.29, 1.82) is 0 Å². The van der Waals surface area contributed by atoms with Crippen LogP contribution in [0.25, 0.3) is 16.0 Å². The van der Waals surface area contributed by atoms with E-state index in [2.05, 4.69) is 45.1 Å². The molecule has 6 rings (SSSR count). The Labute approximate surface area is 211 Å². The number of nitrogens with zero attached hydrogens (tertiary/aromatic N) is 9. The molecule has 0 spiro atoms. The molecule has 2 saturated heterocycles. The number of nitrogen functional groups attached to an aromatic ring is 1. The maximum Gasteiger partial charge on any atom is 0.248 e. The normalized spacial score (nSPS) is 17.5. The van der Waals surface area contributed by atoms with Crippen LogP contribution < -0.4 is 16.0 Å². The van der Waals surface area contributed by atoms with Gasteiger partial charge in [0, 0.05) is 19.1 Å². The Morgan fingerprint density at radius 3 is 2.54 bits per heavy atom. The molecular formula is C22H26ClN11S. The lowest BCUT2D eigenvalue weighted by Gasteiger charge is -2.36. The molecule has 13 heteroatoms. The van der Waals surface area contributed by atoms with Crippen molar-refractivity contribution in [3.63, 3.8) is 0 Å². The van der Waals surface area contributed by atoms with Gasteiger partial charge < -0.3 is 20.9 Å². The summed E-state index contributed by atoms with van der Waals surface area (Å²) in [7, 11) is 0. The van der Waals surface area contributed by atoms with Crippen LogP contribution in [0.4, 0.5) is 23.5 Å². The number of aryl methyl sites for hydroxylation is 1. The molecule has 182 valence electrons. The number of likely N-dealkylation sites (tertiary alicyclic amines) is 1. The number of nitrogens with one attached hydrogen (secondary N) is 1. The molecule has 0 unspecified atom stereocenters. The first-order valence-electron chi connectivity index (χ1n) is 11.8. The van der Waals surface area contributed by atoms with Crippen LogP contribution in [0.1, 0.15) is 31.2 Å². The summed E-state index contributed by atoms with van der Waals surface area (Å²) in [5.74, 6) is 1.76. The first kappa shape index (κ1) is 22.4. The second-order valence-corrected chi connectivity index (χ2v) is 10.2. The van der Waals surface area contributed by atoms with Crippen molar-refractivity contribution in [2.75, 3.05) is 42.1 Å². The Balaban J connectivity index is 1.15. The van der Waals surface area contributed by atoms with E-state index in [9.17, 15) is 0 Å². The number of nitrogens with two attached hydrogens (primary N) is 1. The number of aromatic nitrogens is 7. The molecule has 35 heavy (non-hydrogen) atoms. The number of halogens is 1. The molecule has 2 aliphatic rings. The molecule has 3 N–H and O–H groups in total. The Morgan fingerprint density at radius 1 is 1.06 bits per heavy atom. The first-order chi connectivity index (χ1) is 17.0. The summed E-state index contributed by atoms with van der Waals surface area (Å²) in [6.07, 6.45) is 8.48. The maximum atomic E-state index is 6.16. The lowest BCUT2D eigenvalue weighted by Crippen LogP contribution is -2.44. The molecule has 4 aromatic rings. The zero-order valence-corrected chi connectivity index (χ0v) is 20.9. The predicted molar refractivity (Wildman–Crippen MR) is 138 cm³/mol. The van der Waals surface area contributed by atoms with Crippen LogP contribution >= 0.6 is 22.9 Å². The van der Waals surface area contributed by atoms with E-state index in [4.69, 9.17) is 17.3 Å². The number of rotatable bonds is 5. The van der Waals surface area contributed by atoms with Crippen LogP contribution in [0.3, 0.4) is 0 Å². The minimum atomic E-state index is 0.131. The Morgan fingerprint density at radius 2 is 1.80 bits per heavy atom. The van der Waals surface area contributed by atoms with E-state index in [-0.39, 0.29) is 11.2 Å². The van der Waals surface area contributed by atoms with Crippen LogP contribution in [-0.2, 0) is 0 Å². The van der Waals surface area contributed by atoms with Crippen molar-refractivity contribution in [3.8, 4) is 5.82 Å². The zero-order chi connectivity index (χ0) is 23.9. The van der Waals surface area contributed by atoms with Crippen molar-refractivity contribution in [2.24, 2.45) is 0 Å². The fourth-order valence-electron chi connectivity index (χ4n) is 4.88. The third kappa shape index (κ3) is 4.37. The van der Waals surface area contributed by atoms with Gasteiger partial charge in [0.2, 0.25) is 23.1 Å². The molecule has 11 nitrogen and oxygen atoms in total. The largest absolute Gasteiger partial charge is 0.368 e. The van der Waals surface area contributed by atoms with Crippen LogP contribution in [0.2, 0.25) is 5.28 Å². The second-order valence-electron chi connectivity index (χ2n) is 8.98. The minimum Gasteiger partial charge on any atom is -0.368 e. The van der Waals surface area contributed by atoms with Crippen molar-refractivity contribution >= 4 is 56.7 Å². The van der Waals surface area contributed by atoms with Gasteiger partial charge in [0.15, 0.2) is 5.82 Å². The van der Waals surface area contributed by atoms with Gasteiger partial charge in [-0.2, -0.15) is 14.6 Å². The average molecular weight is 512 g/mol. The quantitative estimate of drug-likeness (QED) is 0.385. The zero-order valence-electron chi connectivity index (χ0n) is 19.4. The van der Waals surface area contributed by atoms with Gasteiger partial charge in [-0.25, -0.2) is 15.0 Å². The summed E-state index contributed by atoms with van der Waals surface area (Å²) >= 11 is 7.67. The van der Waals surface area contributed by atoms with Crippen molar-refractivity contribution in [1.82, 2.24) is 39.6 Å². The Kier molecular flexibility index (Phi) is 5.86. The fourth-order valence-corrected chi connectivity index (χ4v) is 6.01. The van der Waals surface area contributed by atoms with Crippen molar-refractivity contribution in [2.45, 2.75) is 38.6 Å². The molecule has 0 saturated carbocycles. The Hall–Kier alpha value is -3.09. The molecule has 2 aliphatic heterocycles. The van der Waals surface area contributed by atoms with E-state index in [0.29, 0.717) is 23.5 Å². The molecule has 0 bridgehead atoms. The summed E-state index contributed by atoms with van der Waals surface area (Å²) in [6.45, 7) is 6.43. The second kappa shape index (κ2) is 9.17. The summed E-state index contributed by atoms with van der Waals surface area (Å²) in [6, 6.07) is 0.699. The van der Waals surface area contributed by atoms with Gasteiger partial charge in [-0.1, -0.05) is 0 Å². The van der Waals surface area contributed by atoms with E-state index in [1.807, 2.05) is 12.3 Å². The average Bonchev–Trinajstić information content (AvgIpc) is 3.61. The predicted octanol–water partition coefficient (Wildman–Crippen LogP) is 3.41. The molecular weight excluding hydrogens is 486 g/mol. The number of hydrogen-bond acceptors (Lipinski definition) is 11. The smallest absolute Gasteiger partial charge is 0.248 e. The number of hydrogen-bond donors (Lipinski definition) is 2. The lowest BCUT2D eigenvalue weighted by atomic mass is 10.0.